The van der Waals surface area contributed by atoms with Gasteiger partial charge in [-0.2, -0.15) is 0 Å². The van der Waals surface area contributed by atoms with Crippen LogP contribution in [-0.2, 0) is 13.0 Å². The quantitative estimate of drug-likeness (QED) is 0.685. The molecule has 0 aliphatic rings. The van der Waals surface area contributed by atoms with E-state index in [1.165, 1.54) is 11.1 Å². The van der Waals surface area contributed by atoms with Crippen molar-refractivity contribution < 1.29 is 4.79 Å². The zero-order chi connectivity index (χ0) is 18.4. The molecular weight excluding hydrogens is 322 g/mol. The summed E-state index contributed by atoms with van der Waals surface area (Å²) in [6.45, 7) is 4.67. The lowest BCUT2D eigenvalue weighted by molar-refractivity contribution is 0.0946. The molecule has 0 spiro atoms. The Morgan fingerprint density at radius 2 is 1.54 bits per heavy atom. The summed E-state index contributed by atoms with van der Waals surface area (Å²) < 4.78 is 0. The van der Waals surface area contributed by atoms with E-state index in [4.69, 9.17) is 0 Å². The maximum atomic E-state index is 12.2. The van der Waals surface area contributed by atoms with Gasteiger partial charge in [0.25, 0.3) is 5.91 Å². The van der Waals surface area contributed by atoms with Crippen LogP contribution in [0.25, 0.3) is 0 Å². The molecule has 0 unspecified atom stereocenters. The summed E-state index contributed by atoms with van der Waals surface area (Å²) in [6, 6.07) is 20.0. The fourth-order valence-corrected chi connectivity index (χ4v) is 2.57. The summed E-state index contributed by atoms with van der Waals surface area (Å²) in [6.07, 6.45) is 2.70. The number of aromatic nitrogens is 1. The Hall–Kier alpha value is -3.14. The molecule has 3 aromatic rings. The molecule has 0 fully saturated rings. The van der Waals surface area contributed by atoms with Crippen LogP contribution in [0.4, 0.5) is 11.4 Å². The summed E-state index contributed by atoms with van der Waals surface area (Å²) in [4.78, 5) is 16.5. The van der Waals surface area contributed by atoms with Crippen LogP contribution < -0.4 is 10.6 Å². The highest BCUT2D eigenvalue weighted by atomic mass is 16.1. The number of hydrogen-bond acceptors (Lipinski definition) is 3. The van der Waals surface area contributed by atoms with Crippen LogP contribution in [0.1, 0.15) is 34.1 Å². The third-order valence-electron chi connectivity index (χ3n) is 4.22. The maximum Gasteiger partial charge on any atom is 0.270 e. The molecule has 2 aromatic carbocycles. The van der Waals surface area contributed by atoms with Crippen LogP contribution in [0, 0.1) is 6.92 Å². The average Bonchev–Trinajstić information content (AvgIpc) is 2.68. The SMILES string of the molecule is CCc1ccc(Nc2ccc(C(=O)NCc3ccc(C)cc3)nc2)cc1. The highest BCUT2D eigenvalue weighted by molar-refractivity contribution is 5.92. The van der Waals surface area contributed by atoms with Gasteiger partial charge in [0, 0.05) is 12.2 Å². The van der Waals surface area contributed by atoms with Crippen molar-refractivity contribution in [2.75, 3.05) is 5.32 Å². The van der Waals surface area contributed by atoms with Crippen molar-refractivity contribution in [2.45, 2.75) is 26.8 Å². The molecule has 0 atom stereocenters. The van der Waals surface area contributed by atoms with E-state index in [-0.39, 0.29) is 5.91 Å². The Morgan fingerprint density at radius 3 is 2.15 bits per heavy atom. The van der Waals surface area contributed by atoms with Gasteiger partial charge in [-0.1, -0.05) is 48.9 Å². The average molecular weight is 345 g/mol. The van der Waals surface area contributed by atoms with E-state index in [0.29, 0.717) is 12.2 Å². The number of anilines is 2. The first-order chi connectivity index (χ1) is 12.6. The molecule has 4 heteroatoms. The number of nitrogens with zero attached hydrogens (tertiary/aromatic N) is 1. The van der Waals surface area contributed by atoms with E-state index in [9.17, 15) is 4.79 Å². The summed E-state index contributed by atoms with van der Waals surface area (Å²) in [7, 11) is 0. The molecular formula is C22H23N3O. The third kappa shape index (κ3) is 4.70. The molecule has 3 rings (SSSR count). The van der Waals surface area contributed by atoms with Crippen LogP contribution in [0.3, 0.4) is 0 Å². The van der Waals surface area contributed by atoms with Gasteiger partial charge in [0.15, 0.2) is 0 Å². The molecule has 4 nitrogen and oxygen atoms in total. The first-order valence-corrected chi connectivity index (χ1v) is 8.80. The molecule has 1 aromatic heterocycles. The van der Waals surface area contributed by atoms with Gasteiger partial charge in [-0.05, 0) is 48.7 Å². The number of rotatable bonds is 6. The lowest BCUT2D eigenvalue weighted by atomic mass is 10.1. The number of carbonyl (C=O) groups excluding carboxylic acids is 1. The maximum absolute atomic E-state index is 12.2. The molecule has 0 aliphatic carbocycles. The molecule has 26 heavy (non-hydrogen) atoms. The van der Waals surface area contributed by atoms with Gasteiger partial charge in [0.2, 0.25) is 0 Å². The molecule has 0 bridgehead atoms. The van der Waals surface area contributed by atoms with E-state index in [0.717, 1.165) is 23.4 Å². The summed E-state index contributed by atoms with van der Waals surface area (Å²) >= 11 is 0. The molecule has 1 amide bonds. The van der Waals surface area contributed by atoms with Gasteiger partial charge in [0.05, 0.1) is 11.9 Å². The standard InChI is InChI=1S/C22H23N3O/c1-3-17-8-10-19(11-9-17)25-20-12-13-21(23-15-20)22(26)24-14-18-6-4-16(2)5-7-18/h4-13,15,25H,3,14H2,1-2H3,(H,24,26). The lowest BCUT2D eigenvalue weighted by Crippen LogP contribution is -2.23. The number of amides is 1. The monoisotopic (exact) mass is 345 g/mol. The van der Waals surface area contributed by atoms with Crippen LogP contribution in [0.5, 0.6) is 0 Å². The van der Waals surface area contributed by atoms with E-state index in [1.54, 1.807) is 12.3 Å². The van der Waals surface area contributed by atoms with Crippen molar-refractivity contribution in [3.63, 3.8) is 0 Å². The van der Waals surface area contributed by atoms with Crippen LogP contribution >= 0.6 is 0 Å². The van der Waals surface area contributed by atoms with Gasteiger partial charge < -0.3 is 10.6 Å². The topological polar surface area (TPSA) is 54.0 Å². The number of pyridine rings is 1. The number of aryl methyl sites for hydroxylation is 2. The highest BCUT2D eigenvalue weighted by Gasteiger charge is 2.07. The van der Waals surface area contributed by atoms with Gasteiger partial charge in [-0.15, -0.1) is 0 Å². The fraction of sp³-hybridized carbons (Fsp3) is 0.182. The van der Waals surface area contributed by atoms with Gasteiger partial charge in [-0.3, -0.25) is 4.79 Å². The van der Waals surface area contributed by atoms with E-state index in [1.807, 2.05) is 49.4 Å². The lowest BCUT2D eigenvalue weighted by Gasteiger charge is -2.08. The minimum atomic E-state index is -0.176. The molecule has 0 aliphatic heterocycles. The molecule has 0 radical (unpaired) electrons. The third-order valence-corrected chi connectivity index (χ3v) is 4.22. The highest BCUT2D eigenvalue weighted by Crippen LogP contribution is 2.17. The second-order valence-electron chi connectivity index (χ2n) is 6.28. The minimum absolute atomic E-state index is 0.176. The Labute approximate surface area is 154 Å². The van der Waals surface area contributed by atoms with Crippen molar-refractivity contribution in [1.29, 1.82) is 0 Å². The predicted octanol–water partition coefficient (Wildman–Crippen LogP) is 4.63. The van der Waals surface area contributed by atoms with Crippen molar-refractivity contribution in [3.8, 4) is 0 Å². The molecule has 0 saturated carbocycles. The second-order valence-corrected chi connectivity index (χ2v) is 6.28. The molecule has 132 valence electrons. The van der Waals surface area contributed by atoms with Gasteiger partial charge in [-0.25, -0.2) is 4.98 Å². The van der Waals surface area contributed by atoms with E-state index < -0.39 is 0 Å². The van der Waals surface area contributed by atoms with E-state index >= 15 is 0 Å². The van der Waals surface area contributed by atoms with Crippen molar-refractivity contribution >= 4 is 17.3 Å². The smallest absolute Gasteiger partial charge is 0.270 e. The number of carbonyl (C=O) groups is 1. The van der Waals surface area contributed by atoms with Gasteiger partial charge >= 0.3 is 0 Å². The second kappa shape index (κ2) is 8.30. The van der Waals surface area contributed by atoms with Crippen molar-refractivity contribution in [2.24, 2.45) is 0 Å². The summed E-state index contributed by atoms with van der Waals surface area (Å²) in [5.74, 6) is -0.176. The summed E-state index contributed by atoms with van der Waals surface area (Å²) in [5.41, 5.74) is 5.83. The zero-order valence-electron chi connectivity index (χ0n) is 15.1. The largest absolute Gasteiger partial charge is 0.354 e. The van der Waals surface area contributed by atoms with Gasteiger partial charge in [0.1, 0.15) is 5.69 Å². The van der Waals surface area contributed by atoms with Crippen LogP contribution in [0.15, 0.2) is 66.9 Å². The molecule has 1 heterocycles. The van der Waals surface area contributed by atoms with Crippen LogP contribution in [0.2, 0.25) is 0 Å². The fourth-order valence-electron chi connectivity index (χ4n) is 2.57. The molecule has 2 N–H and O–H groups in total. The first-order valence-electron chi connectivity index (χ1n) is 8.80. The minimum Gasteiger partial charge on any atom is -0.354 e. The van der Waals surface area contributed by atoms with E-state index in [2.05, 4.69) is 34.7 Å². The predicted molar refractivity (Wildman–Crippen MR) is 106 cm³/mol. The Morgan fingerprint density at radius 1 is 0.885 bits per heavy atom. The Balaban J connectivity index is 1.57. The molecule has 0 saturated heterocycles. The Kier molecular flexibility index (Phi) is 5.64. The van der Waals surface area contributed by atoms with Crippen molar-refractivity contribution in [3.05, 3.63) is 89.2 Å². The first kappa shape index (κ1) is 17.7. The number of benzene rings is 2. The van der Waals surface area contributed by atoms with Crippen LogP contribution in [-0.4, -0.2) is 10.9 Å². The van der Waals surface area contributed by atoms with Crippen molar-refractivity contribution in [1.82, 2.24) is 10.3 Å². The zero-order valence-corrected chi connectivity index (χ0v) is 15.1. The summed E-state index contributed by atoms with van der Waals surface area (Å²) in [5, 5.41) is 6.18. The Bertz CT molecular complexity index is 853. The number of nitrogens with one attached hydrogen (secondary N) is 2. The number of hydrogen-bond donors (Lipinski definition) is 2. The normalized spacial score (nSPS) is 10.4.